The molecule has 0 bridgehead atoms. The predicted molar refractivity (Wildman–Crippen MR) is 141 cm³/mol. The molecule has 1 aromatic carbocycles. The van der Waals surface area contributed by atoms with Gasteiger partial charge in [-0.15, -0.1) is 0 Å². The Morgan fingerprint density at radius 3 is 2.32 bits per heavy atom. The summed E-state index contributed by atoms with van der Waals surface area (Å²) in [5.41, 5.74) is -0.460. The van der Waals surface area contributed by atoms with Crippen molar-refractivity contribution < 1.29 is 17.9 Å². The maximum Gasteiger partial charge on any atom is 0.433 e. The van der Waals surface area contributed by atoms with E-state index < -0.39 is 23.0 Å². The van der Waals surface area contributed by atoms with Gasteiger partial charge >= 0.3 is 6.18 Å². The molecule has 4 rings (SSSR count). The van der Waals surface area contributed by atoms with Crippen molar-refractivity contribution in [2.75, 3.05) is 7.05 Å². The first-order valence-corrected chi connectivity index (χ1v) is 11.5. The van der Waals surface area contributed by atoms with Crippen molar-refractivity contribution in [3.8, 4) is 22.6 Å². The molecule has 0 saturated heterocycles. The minimum absolute atomic E-state index is 0.0238. The first-order chi connectivity index (χ1) is 17.8. The van der Waals surface area contributed by atoms with Gasteiger partial charge in [0.05, 0.1) is 11.9 Å². The molecular formula is C27H26F3N5O3. The van der Waals surface area contributed by atoms with Crippen LogP contribution in [-0.4, -0.2) is 33.1 Å². The first kappa shape index (κ1) is 26.5. The summed E-state index contributed by atoms with van der Waals surface area (Å²) >= 11 is 0. The molecule has 0 radical (unpaired) electrons. The molecule has 0 saturated carbocycles. The van der Waals surface area contributed by atoms with Gasteiger partial charge in [0.15, 0.2) is 5.75 Å². The zero-order valence-corrected chi connectivity index (χ0v) is 21.4. The van der Waals surface area contributed by atoms with Crippen LogP contribution in [0.2, 0.25) is 0 Å². The topological polar surface area (TPSA) is 105 Å². The largest absolute Gasteiger partial charge is 0.455 e. The minimum atomic E-state index is -4.91. The molecule has 0 aliphatic rings. The van der Waals surface area contributed by atoms with Crippen LogP contribution < -0.4 is 21.2 Å². The van der Waals surface area contributed by atoms with Crippen molar-refractivity contribution in [2.45, 2.75) is 20.0 Å². The molecule has 8 nitrogen and oxygen atoms in total. The predicted octanol–water partition coefficient (Wildman–Crippen LogP) is 4.78. The van der Waals surface area contributed by atoms with Crippen LogP contribution in [0, 0.1) is 19.3 Å². The van der Waals surface area contributed by atoms with Crippen LogP contribution in [0.5, 0.6) is 11.5 Å². The highest BCUT2D eigenvalue weighted by Gasteiger charge is 2.37. The van der Waals surface area contributed by atoms with E-state index in [9.17, 15) is 22.8 Å². The number of hydrogen-bond donors (Lipinski definition) is 3. The molecule has 3 aromatic heterocycles. The molecule has 0 unspecified atom stereocenters. The van der Waals surface area contributed by atoms with Crippen LogP contribution in [0.4, 0.5) is 13.2 Å². The van der Waals surface area contributed by atoms with Crippen LogP contribution in [0.1, 0.15) is 16.8 Å². The molecule has 0 atom stereocenters. The Morgan fingerprint density at radius 2 is 1.71 bits per heavy atom. The molecular weight excluding hydrogens is 499 g/mol. The number of hydrogen-bond acceptors (Lipinski definition) is 5. The number of ether oxygens (including phenoxy) is 1. The Morgan fingerprint density at radius 1 is 1.05 bits per heavy atom. The maximum absolute atomic E-state index is 13.4. The molecule has 3 N–H and O–H groups in total. The summed E-state index contributed by atoms with van der Waals surface area (Å²) in [4.78, 5) is 28.4. The number of aryl methyl sites for hydroxylation is 4. The number of halogens is 3. The number of fused-ring (bicyclic) bond motifs is 1. The number of nitrogens with one attached hydrogen (secondary N) is 3. The number of alkyl halides is 3. The third-order valence-electron chi connectivity index (χ3n) is 6.20. The number of aromatic nitrogens is 3. The molecule has 4 aromatic rings. The number of pyridine rings is 2. The SMILES string of the molecule is CN/C=C(\C(=N)C(F)(F)F)c1cc2c(-c3cc(=O)n(C)cc3Oc3c(C)cccc3C)cn(C)c(=O)c2[nH]1. The van der Waals surface area contributed by atoms with Gasteiger partial charge in [0, 0.05) is 61.7 Å². The highest BCUT2D eigenvalue weighted by molar-refractivity contribution is 6.25. The summed E-state index contributed by atoms with van der Waals surface area (Å²) in [5.74, 6) is 0.919. The van der Waals surface area contributed by atoms with E-state index in [1.54, 1.807) is 7.05 Å². The van der Waals surface area contributed by atoms with E-state index in [0.717, 1.165) is 17.3 Å². The Hall–Kier alpha value is -4.54. The lowest BCUT2D eigenvalue weighted by molar-refractivity contribution is -0.0578. The smallest absolute Gasteiger partial charge is 0.433 e. The highest BCUT2D eigenvalue weighted by atomic mass is 19.4. The van der Waals surface area contributed by atoms with Gasteiger partial charge in [-0.2, -0.15) is 13.2 Å². The molecule has 0 aliphatic carbocycles. The second kappa shape index (κ2) is 9.73. The van der Waals surface area contributed by atoms with Gasteiger partial charge in [0.25, 0.3) is 11.1 Å². The van der Waals surface area contributed by atoms with Crippen molar-refractivity contribution in [3.63, 3.8) is 0 Å². The number of benzene rings is 1. The second-order valence-corrected chi connectivity index (χ2v) is 8.97. The van der Waals surface area contributed by atoms with Crippen LogP contribution in [0.3, 0.4) is 0 Å². The molecule has 11 heteroatoms. The lowest BCUT2D eigenvalue weighted by Crippen LogP contribution is -2.24. The van der Waals surface area contributed by atoms with E-state index in [1.165, 1.54) is 47.8 Å². The molecule has 38 heavy (non-hydrogen) atoms. The van der Waals surface area contributed by atoms with Gasteiger partial charge in [0.2, 0.25) is 0 Å². The van der Waals surface area contributed by atoms with Crippen molar-refractivity contribution in [1.82, 2.24) is 19.4 Å². The van der Waals surface area contributed by atoms with E-state index in [4.69, 9.17) is 10.1 Å². The Kier molecular flexibility index (Phi) is 6.79. The second-order valence-electron chi connectivity index (χ2n) is 8.97. The molecule has 0 aliphatic heterocycles. The van der Waals surface area contributed by atoms with Gasteiger partial charge < -0.3 is 24.2 Å². The number of para-hydroxylation sites is 1. The Bertz CT molecular complexity index is 1700. The number of rotatable bonds is 6. The van der Waals surface area contributed by atoms with Crippen molar-refractivity contribution in [2.24, 2.45) is 14.1 Å². The Labute approximate surface area is 215 Å². The number of nitrogens with zero attached hydrogens (tertiary/aromatic N) is 2. The van der Waals surface area contributed by atoms with Crippen LogP contribution in [0.15, 0.2) is 58.5 Å². The maximum atomic E-state index is 13.4. The van der Waals surface area contributed by atoms with E-state index in [-0.39, 0.29) is 22.2 Å². The zero-order chi connectivity index (χ0) is 27.9. The normalized spacial score (nSPS) is 12.2. The van der Waals surface area contributed by atoms with Crippen molar-refractivity contribution >= 4 is 22.2 Å². The van der Waals surface area contributed by atoms with Crippen LogP contribution in [0.25, 0.3) is 27.6 Å². The van der Waals surface area contributed by atoms with Crippen molar-refractivity contribution in [3.05, 3.63) is 86.5 Å². The number of H-pyrrole nitrogens is 1. The summed E-state index contributed by atoms with van der Waals surface area (Å²) < 4.78 is 49.2. The minimum Gasteiger partial charge on any atom is -0.455 e. The van der Waals surface area contributed by atoms with Gasteiger partial charge in [-0.25, -0.2) is 0 Å². The summed E-state index contributed by atoms with van der Waals surface area (Å²) in [6.45, 7) is 3.77. The highest BCUT2D eigenvalue weighted by Crippen LogP contribution is 2.38. The number of allylic oxidation sites excluding steroid dienone is 1. The van der Waals surface area contributed by atoms with Gasteiger partial charge in [-0.1, -0.05) is 18.2 Å². The molecule has 0 fully saturated rings. The lowest BCUT2D eigenvalue weighted by Gasteiger charge is -2.17. The van der Waals surface area contributed by atoms with Crippen molar-refractivity contribution in [1.29, 1.82) is 5.41 Å². The summed E-state index contributed by atoms with van der Waals surface area (Å²) in [7, 11) is 4.49. The first-order valence-electron chi connectivity index (χ1n) is 11.5. The van der Waals surface area contributed by atoms with Gasteiger partial charge in [-0.3, -0.25) is 15.0 Å². The van der Waals surface area contributed by atoms with E-state index in [0.29, 0.717) is 22.6 Å². The third kappa shape index (κ3) is 4.74. The molecule has 198 valence electrons. The number of aromatic amines is 1. The zero-order valence-electron chi connectivity index (χ0n) is 21.4. The van der Waals surface area contributed by atoms with E-state index >= 15 is 0 Å². The van der Waals surface area contributed by atoms with Crippen LogP contribution in [-0.2, 0) is 14.1 Å². The van der Waals surface area contributed by atoms with E-state index in [1.807, 2.05) is 32.0 Å². The van der Waals surface area contributed by atoms with Crippen LogP contribution >= 0.6 is 0 Å². The average Bonchev–Trinajstić information content (AvgIpc) is 3.29. The van der Waals surface area contributed by atoms with Gasteiger partial charge in [-0.05, 0) is 31.0 Å². The summed E-state index contributed by atoms with van der Waals surface area (Å²) in [6, 6.07) is 8.40. The quantitative estimate of drug-likeness (QED) is 0.315. The Balaban J connectivity index is 2.01. The van der Waals surface area contributed by atoms with Gasteiger partial charge in [0.1, 0.15) is 17.0 Å². The standard InChI is InChI=1S/C27H26F3N5O3/c1-14-7-6-8-15(2)24(14)38-21-13-34(4)22(36)10-16(21)19-12-35(5)26(37)23-17(19)9-20(33-23)18(11-32-3)25(31)27(28,29)30/h6-13,31-33H,1-5H3/b18-11-,31-25?. The lowest BCUT2D eigenvalue weighted by atomic mass is 10.0. The summed E-state index contributed by atoms with van der Waals surface area (Å²) in [5, 5.41) is 10.5. The fraction of sp³-hybridized carbons (Fsp3) is 0.222. The van der Waals surface area contributed by atoms with E-state index in [2.05, 4.69) is 10.3 Å². The monoisotopic (exact) mass is 525 g/mol. The third-order valence-corrected chi connectivity index (χ3v) is 6.20. The molecule has 0 amide bonds. The molecule has 0 spiro atoms. The fourth-order valence-electron chi connectivity index (χ4n) is 4.24. The summed E-state index contributed by atoms with van der Waals surface area (Å²) in [6.07, 6.45) is -0.838. The average molecular weight is 526 g/mol. The fourth-order valence-corrected chi connectivity index (χ4v) is 4.24. The molecule has 3 heterocycles.